The maximum atomic E-state index is 12.9. The molecule has 86 valence electrons. The Bertz CT molecular complexity index is 560. The van der Waals surface area contributed by atoms with Crippen molar-refractivity contribution in [3.05, 3.63) is 54.1 Å². The molecule has 0 saturated carbocycles. The van der Waals surface area contributed by atoms with Gasteiger partial charge in [-0.05, 0) is 30.3 Å². The Balaban J connectivity index is 2.20. The lowest BCUT2D eigenvalue weighted by Gasteiger charge is -2.05. The van der Waals surface area contributed by atoms with Crippen molar-refractivity contribution in [1.29, 1.82) is 0 Å². The molecule has 0 fully saturated rings. The molecule has 0 saturated heterocycles. The molecule has 1 amide bonds. The first-order valence-corrected chi connectivity index (χ1v) is 5.32. The van der Waals surface area contributed by atoms with Gasteiger partial charge in [0.25, 0.3) is 5.91 Å². The van der Waals surface area contributed by atoms with Gasteiger partial charge >= 0.3 is 0 Å². The predicted octanol–water partition coefficient (Wildman–Crippen LogP) is 2.76. The van der Waals surface area contributed by atoms with Crippen LogP contribution in [0.1, 0.15) is 10.5 Å². The Labute approximate surface area is 103 Å². The fourth-order valence-corrected chi connectivity index (χ4v) is 1.57. The van der Waals surface area contributed by atoms with Gasteiger partial charge in [0.05, 0.1) is 0 Å². The number of nitrogens with one attached hydrogen (secondary N) is 1. The largest absolute Gasteiger partial charge is 0.321 e. The molecule has 17 heavy (non-hydrogen) atoms. The van der Waals surface area contributed by atoms with Crippen molar-refractivity contribution in [2.75, 3.05) is 5.32 Å². The van der Waals surface area contributed by atoms with Gasteiger partial charge in [-0.1, -0.05) is 6.07 Å². The minimum atomic E-state index is -0.416. The van der Waals surface area contributed by atoms with Crippen LogP contribution in [0.3, 0.4) is 0 Å². The number of hydrogen-bond donors (Lipinski definition) is 2. The summed E-state index contributed by atoms with van der Waals surface area (Å²) in [6.07, 6.45) is 1.50. The fourth-order valence-electron chi connectivity index (χ4n) is 1.33. The van der Waals surface area contributed by atoms with Crippen molar-refractivity contribution in [3.63, 3.8) is 0 Å². The van der Waals surface area contributed by atoms with Crippen LogP contribution in [-0.4, -0.2) is 10.9 Å². The molecule has 0 aliphatic heterocycles. The number of hydrogen-bond acceptors (Lipinski definition) is 3. The summed E-state index contributed by atoms with van der Waals surface area (Å²) >= 11 is 4.13. The summed E-state index contributed by atoms with van der Waals surface area (Å²) in [6.45, 7) is 0. The van der Waals surface area contributed by atoms with Crippen LogP contribution in [-0.2, 0) is 0 Å². The van der Waals surface area contributed by atoms with Crippen molar-refractivity contribution in [2.24, 2.45) is 0 Å². The number of rotatable bonds is 2. The molecule has 1 aromatic carbocycles. The molecule has 0 bridgehead atoms. The summed E-state index contributed by atoms with van der Waals surface area (Å²) in [7, 11) is 0. The van der Waals surface area contributed by atoms with Crippen LogP contribution in [0.5, 0.6) is 0 Å². The van der Waals surface area contributed by atoms with E-state index in [2.05, 4.69) is 22.9 Å². The first-order valence-electron chi connectivity index (χ1n) is 4.88. The van der Waals surface area contributed by atoms with Gasteiger partial charge in [0.1, 0.15) is 11.5 Å². The third-order valence-electron chi connectivity index (χ3n) is 2.08. The van der Waals surface area contributed by atoms with Gasteiger partial charge < -0.3 is 5.32 Å². The highest BCUT2D eigenvalue weighted by molar-refractivity contribution is 7.80. The summed E-state index contributed by atoms with van der Waals surface area (Å²) in [5, 5.41) is 2.55. The third-order valence-corrected chi connectivity index (χ3v) is 2.44. The van der Waals surface area contributed by atoms with E-state index in [1.807, 2.05) is 0 Å². The van der Waals surface area contributed by atoms with Gasteiger partial charge in [-0.25, -0.2) is 9.37 Å². The number of halogens is 1. The van der Waals surface area contributed by atoms with Crippen LogP contribution in [0.15, 0.2) is 47.5 Å². The maximum Gasteiger partial charge on any atom is 0.275 e. The van der Waals surface area contributed by atoms with E-state index >= 15 is 0 Å². The lowest BCUT2D eigenvalue weighted by atomic mass is 10.3. The number of carbonyl (C=O) groups excluding carboxylic acids is 1. The molecule has 3 nitrogen and oxygen atoms in total. The summed E-state index contributed by atoms with van der Waals surface area (Å²) < 4.78 is 12.9. The lowest BCUT2D eigenvalue weighted by molar-refractivity contribution is 0.101. The number of nitrogens with zero attached hydrogens (tertiary/aromatic N) is 1. The smallest absolute Gasteiger partial charge is 0.275 e. The number of amides is 1. The second-order valence-electron chi connectivity index (χ2n) is 3.34. The van der Waals surface area contributed by atoms with Gasteiger partial charge in [0, 0.05) is 16.8 Å². The quantitative estimate of drug-likeness (QED) is 0.802. The Morgan fingerprint density at radius 3 is 2.82 bits per heavy atom. The monoisotopic (exact) mass is 248 g/mol. The van der Waals surface area contributed by atoms with Gasteiger partial charge in [0.15, 0.2) is 0 Å². The zero-order valence-corrected chi connectivity index (χ0v) is 9.62. The average molecular weight is 248 g/mol. The molecule has 5 heteroatoms. The topological polar surface area (TPSA) is 42.0 Å². The first-order chi connectivity index (χ1) is 8.16. The van der Waals surface area contributed by atoms with Crippen LogP contribution >= 0.6 is 12.6 Å². The zero-order valence-electron chi connectivity index (χ0n) is 8.72. The van der Waals surface area contributed by atoms with E-state index < -0.39 is 11.7 Å². The average Bonchev–Trinajstić information content (AvgIpc) is 2.29. The van der Waals surface area contributed by atoms with Crippen LogP contribution < -0.4 is 5.32 Å². The highest BCUT2D eigenvalue weighted by Crippen LogP contribution is 2.14. The molecule has 2 rings (SSSR count). The Morgan fingerprint density at radius 2 is 2.12 bits per heavy atom. The molecule has 0 radical (unpaired) electrons. The molecule has 0 atom stereocenters. The molecular weight excluding hydrogens is 239 g/mol. The van der Waals surface area contributed by atoms with Crippen molar-refractivity contribution >= 4 is 24.2 Å². The van der Waals surface area contributed by atoms with Crippen molar-refractivity contribution in [3.8, 4) is 0 Å². The first kappa shape index (κ1) is 11.6. The molecule has 0 aliphatic carbocycles. The van der Waals surface area contributed by atoms with Crippen molar-refractivity contribution < 1.29 is 9.18 Å². The van der Waals surface area contributed by atoms with E-state index in [1.54, 1.807) is 18.2 Å². The van der Waals surface area contributed by atoms with E-state index in [0.29, 0.717) is 10.6 Å². The second-order valence-corrected chi connectivity index (χ2v) is 3.82. The predicted molar refractivity (Wildman–Crippen MR) is 65.8 cm³/mol. The van der Waals surface area contributed by atoms with E-state index in [9.17, 15) is 9.18 Å². The fraction of sp³-hybridized carbons (Fsp3) is 0. The molecule has 0 spiro atoms. The highest BCUT2D eigenvalue weighted by Gasteiger charge is 2.10. The Kier molecular flexibility index (Phi) is 3.39. The van der Waals surface area contributed by atoms with E-state index in [0.717, 1.165) is 0 Å². The maximum absolute atomic E-state index is 12.9. The Hall–Kier alpha value is -1.88. The number of anilines is 1. The lowest BCUT2D eigenvalue weighted by Crippen LogP contribution is -2.14. The molecule has 1 aromatic heterocycles. The molecule has 0 aliphatic rings. The van der Waals surface area contributed by atoms with E-state index in [-0.39, 0.29) is 5.69 Å². The van der Waals surface area contributed by atoms with E-state index in [4.69, 9.17) is 0 Å². The van der Waals surface area contributed by atoms with Gasteiger partial charge in [-0.2, -0.15) is 0 Å². The molecule has 1 N–H and O–H groups in total. The minimum absolute atomic E-state index is 0.208. The normalized spacial score (nSPS) is 10.0. The summed E-state index contributed by atoms with van der Waals surface area (Å²) in [6, 6.07) is 9.00. The number of benzene rings is 1. The van der Waals surface area contributed by atoms with Crippen LogP contribution in [0.2, 0.25) is 0 Å². The number of pyridine rings is 1. The van der Waals surface area contributed by atoms with Crippen molar-refractivity contribution in [1.82, 2.24) is 4.98 Å². The zero-order chi connectivity index (χ0) is 12.3. The highest BCUT2D eigenvalue weighted by atomic mass is 32.1. The molecule has 1 heterocycles. The van der Waals surface area contributed by atoms with Crippen molar-refractivity contribution in [2.45, 2.75) is 4.90 Å². The molecule has 2 aromatic rings. The SMILES string of the molecule is O=C(Nc1cccc(F)c1)c1ncccc1S. The summed E-state index contributed by atoms with van der Waals surface area (Å²) in [5.74, 6) is -0.823. The number of carbonyl (C=O) groups is 1. The minimum Gasteiger partial charge on any atom is -0.321 e. The number of aromatic nitrogens is 1. The van der Waals surface area contributed by atoms with Crippen LogP contribution in [0, 0.1) is 5.82 Å². The van der Waals surface area contributed by atoms with Gasteiger partial charge in [-0.3, -0.25) is 4.79 Å². The van der Waals surface area contributed by atoms with Gasteiger partial charge in [0.2, 0.25) is 0 Å². The van der Waals surface area contributed by atoms with Crippen LogP contribution in [0.25, 0.3) is 0 Å². The van der Waals surface area contributed by atoms with Crippen LogP contribution in [0.4, 0.5) is 10.1 Å². The number of thiol groups is 1. The summed E-state index contributed by atoms with van der Waals surface area (Å²) in [4.78, 5) is 16.2. The Morgan fingerprint density at radius 1 is 1.29 bits per heavy atom. The molecule has 0 unspecified atom stereocenters. The van der Waals surface area contributed by atoms with Gasteiger partial charge in [-0.15, -0.1) is 12.6 Å². The second kappa shape index (κ2) is 4.97. The molecular formula is C12H9FN2OS. The summed E-state index contributed by atoms with van der Waals surface area (Å²) in [5.41, 5.74) is 0.591. The third kappa shape index (κ3) is 2.82. The standard InChI is InChI=1S/C12H9FN2OS/c13-8-3-1-4-9(7-8)15-12(16)11-10(17)5-2-6-14-11/h1-7,17H,(H,15,16). The van der Waals surface area contributed by atoms with E-state index in [1.165, 1.54) is 24.4 Å².